The summed E-state index contributed by atoms with van der Waals surface area (Å²) < 4.78 is 5.48. The molecule has 1 aliphatic rings. The van der Waals surface area contributed by atoms with Crippen molar-refractivity contribution in [2.24, 2.45) is 5.10 Å². The van der Waals surface area contributed by atoms with Crippen LogP contribution >= 0.6 is 12.2 Å². The van der Waals surface area contributed by atoms with Gasteiger partial charge < -0.3 is 10.1 Å². The monoisotopic (exact) mass is 336 g/mol. The van der Waals surface area contributed by atoms with Gasteiger partial charge in [0.05, 0.1) is 17.2 Å². The largest absolute Gasteiger partial charge is 0.376 e. The molecule has 0 unspecified atom stereocenters. The van der Waals surface area contributed by atoms with Crippen LogP contribution in [-0.4, -0.2) is 35.5 Å². The summed E-state index contributed by atoms with van der Waals surface area (Å²) in [6, 6.07) is 5.04. The molecule has 7 nitrogen and oxygen atoms in total. The van der Waals surface area contributed by atoms with Crippen molar-refractivity contribution in [3.05, 3.63) is 39.4 Å². The Morgan fingerprint density at radius 2 is 2.43 bits per heavy atom. The van der Waals surface area contributed by atoms with E-state index in [1.807, 2.05) is 6.92 Å². The minimum absolute atomic E-state index is 0.107. The Labute approximate surface area is 140 Å². The van der Waals surface area contributed by atoms with Gasteiger partial charge in [0.15, 0.2) is 5.11 Å². The lowest BCUT2D eigenvalue weighted by Gasteiger charge is -2.11. The first-order valence-corrected chi connectivity index (χ1v) is 7.96. The summed E-state index contributed by atoms with van der Waals surface area (Å²) in [5, 5.41) is 18.5. The van der Waals surface area contributed by atoms with Gasteiger partial charge in [-0.3, -0.25) is 15.5 Å². The Balaban J connectivity index is 1.85. The fraction of sp³-hybridized carbons (Fsp3) is 0.467. The molecule has 0 amide bonds. The quantitative estimate of drug-likeness (QED) is 0.358. The van der Waals surface area contributed by atoms with Gasteiger partial charge in [-0.2, -0.15) is 5.10 Å². The maximum atomic E-state index is 11.0. The summed E-state index contributed by atoms with van der Waals surface area (Å²) in [6.45, 7) is 3.34. The average Bonchev–Trinajstić information content (AvgIpc) is 3.06. The normalized spacial score (nSPS) is 17.3. The number of thiocarbonyl (C=S) groups is 1. The number of ether oxygens (including phenoxy) is 1. The molecular formula is C15H20N4O3S. The second kappa shape index (κ2) is 8.54. The van der Waals surface area contributed by atoms with E-state index in [1.165, 1.54) is 12.3 Å². The summed E-state index contributed by atoms with van der Waals surface area (Å²) in [4.78, 5) is 10.7. The number of hydrogen-bond acceptors (Lipinski definition) is 5. The van der Waals surface area contributed by atoms with E-state index in [2.05, 4.69) is 15.8 Å². The van der Waals surface area contributed by atoms with Gasteiger partial charge in [-0.05, 0) is 31.5 Å². The van der Waals surface area contributed by atoms with E-state index in [-0.39, 0.29) is 16.7 Å². The summed E-state index contributed by atoms with van der Waals surface area (Å²) in [6.07, 6.45) is 4.43. The highest BCUT2D eigenvalue weighted by Gasteiger charge is 2.15. The van der Waals surface area contributed by atoms with E-state index in [9.17, 15) is 10.1 Å². The Morgan fingerprint density at radius 1 is 1.61 bits per heavy atom. The third-order valence-electron chi connectivity index (χ3n) is 3.58. The highest BCUT2D eigenvalue weighted by atomic mass is 32.1. The molecule has 0 aromatic heterocycles. The second-order valence-corrected chi connectivity index (χ2v) is 5.62. The van der Waals surface area contributed by atoms with Gasteiger partial charge in [0.1, 0.15) is 0 Å². The van der Waals surface area contributed by atoms with Crippen LogP contribution < -0.4 is 10.7 Å². The number of rotatable bonds is 6. The summed E-state index contributed by atoms with van der Waals surface area (Å²) in [5.74, 6) is 0. The molecule has 1 fully saturated rings. The molecule has 2 N–H and O–H groups in total. The lowest BCUT2D eigenvalue weighted by Crippen LogP contribution is -2.37. The number of benzene rings is 1. The Bertz CT molecular complexity index is 600. The van der Waals surface area contributed by atoms with Crippen LogP contribution in [0.4, 0.5) is 5.69 Å². The lowest BCUT2D eigenvalue weighted by atomic mass is 10.1. The number of nitro groups is 1. The van der Waals surface area contributed by atoms with Crippen LogP contribution in [0.1, 0.15) is 30.9 Å². The predicted molar refractivity (Wildman–Crippen MR) is 92.8 cm³/mol. The molecule has 1 atom stereocenters. The van der Waals surface area contributed by atoms with Crippen molar-refractivity contribution in [2.45, 2.75) is 32.3 Å². The number of nitrogens with one attached hydrogen (secondary N) is 2. The molecule has 2 rings (SSSR count). The fourth-order valence-electron chi connectivity index (χ4n) is 2.35. The summed E-state index contributed by atoms with van der Waals surface area (Å²) in [7, 11) is 0. The molecule has 8 heteroatoms. The molecule has 23 heavy (non-hydrogen) atoms. The van der Waals surface area contributed by atoms with E-state index >= 15 is 0 Å². The minimum Gasteiger partial charge on any atom is -0.376 e. The van der Waals surface area contributed by atoms with Crippen molar-refractivity contribution in [3.63, 3.8) is 0 Å². The van der Waals surface area contributed by atoms with Crippen LogP contribution in [0.15, 0.2) is 23.3 Å². The molecule has 1 aromatic rings. The van der Waals surface area contributed by atoms with Gasteiger partial charge in [-0.1, -0.05) is 19.1 Å². The van der Waals surface area contributed by atoms with Crippen LogP contribution in [-0.2, 0) is 11.2 Å². The van der Waals surface area contributed by atoms with Crippen molar-refractivity contribution < 1.29 is 9.66 Å². The third-order valence-corrected chi connectivity index (χ3v) is 3.82. The molecule has 0 radical (unpaired) electrons. The van der Waals surface area contributed by atoms with E-state index in [1.54, 1.807) is 12.1 Å². The number of nitro benzene ring substituents is 1. The second-order valence-electron chi connectivity index (χ2n) is 5.21. The number of hydrogen-bond donors (Lipinski definition) is 2. The molecule has 0 bridgehead atoms. The molecule has 0 saturated carbocycles. The maximum Gasteiger partial charge on any atom is 0.273 e. The zero-order chi connectivity index (χ0) is 16.7. The van der Waals surface area contributed by atoms with Crippen LogP contribution in [0.2, 0.25) is 0 Å². The standard InChI is InChI=1S/C15H20N4O3S/c1-2-12-6-5-11(8-14(12)19(20)21)9-17-18-15(23)16-10-13-4-3-7-22-13/h5-6,8-9,13H,2-4,7,10H2,1H3,(H2,16,18,23)/b17-9-/t13-/m1/s1. The summed E-state index contributed by atoms with van der Waals surface area (Å²) >= 11 is 5.11. The fourth-order valence-corrected chi connectivity index (χ4v) is 2.48. The first kappa shape index (κ1) is 17.3. The van der Waals surface area contributed by atoms with E-state index in [0.29, 0.717) is 29.2 Å². The highest BCUT2D eigenvalue weighted by molar-refractivity contribution is 7.80. The first-order valence-electron chi connectivity index (χ1n) is 7.56. The van der Waals surface area contributed by atoms with Crippen molar-refractivity contribution in [1.29, 1.82) is 0 Å². The summed E-state index contributed by atoms with van der Waals surface area (Å²) in [5.41, 5.74) is 4.15. The van der Waals surface area contributed by atoms with Gasteiger partial charge in [0, 0.05) is 30.3 Å². The zero-order valence-electron chi connectivity index (χ0n) is 12.9. The smallest absolute Gasteiger partial charge is 0.273 e. The molecule has 1 aliphatic heterocycles. The average molecular weight is 336 g/mol. The lowest BCUT2D eigenvalue weighted by molar-refractivity contribution is -0.385. The van der Waals surface area contributed by atoms with Crippen molar-refractivity contribution in [1.82, 2.24) is 10.7 Å². The Morgan fingerprint density at radius 3 is 3.09 bits per heavy atom. The molecule has 0 aliphatic carbocycles. The minimum atomic E-state index is -0.378. The van der Waals surface area contributed by atoms with Gasteiger partial charge in [-0.25, -0.2) is 0 Å². The van der Waals surface area contributed by atoms with E-state index in [0.717, 1.165) is 19.4 Å². The first-order chi connectivity index (χ1) is 11.1. The Hall–Kier alpha value is -2.06. The van der Waals surface area contributed by atoms with Gasteiger partial charge in [0.2, 0.25) is 0 Å². The van der Waals surface area contributed by atoms with Crippen LogP contribution in [0.3, 0.4) is 0 Å². The van der Waals surface area contributed by atoms with Gasteiger partial charge in [0.25, 0.3) is 5.69 Å². The zero-order valence-corrected chi connectivity index (χ0v) is 13.8. The predicted octanol–water partition coefficient (Wildman–Crippen LogP) is 2.13. The molecular weight excluding hydrogens is 316 g/mol. The maximum absolute atomic E-state index is 11.0. The molecule has 0 spiro atoms. The van der Waals surface area contributed by atoms with Gasteiger partial charge in [-0.15, -0.1) is 0 Å². The van der Waals surface area contributed by atoms with Crippen molar-refractivity contribution in [2.75, 3.05) is 13.2 Å². The van der Waals surface area contributed by atoms with Crippen molar-refractivity contribution >= 4 is 29.2 Å². The SMILES string of the molecule is CCc1ccc(/C=N\NC(=S)NC[C@H]2CCCO2)cc1[N+](=O)[O-]. The van der Waals surface area contributed by atoms with Gasteiger partial charge >= 0.3 is 0 Å². The molecule has 1 heterocycles. The Kier molecular flexibility index (Phi) is 6.42. The highest BCUT2D eigenvalue weighted by Crippen LogP contribution is 2.20. The molecule has 124 valence electrons. The van der Waals surface area contributed by atoms with E-state index < -0.39 is 0 Å². The van der Waals surface area contributed by atoms with Crippen LogP contribution in [0.25, 0.3) is 0 Å². The van der Waals surface area contributed by atoms with Crippen LogP contribution in [0.5, 0.6) is 0 Å². The molecule has 1 aromatic carbocycles. The number of nitrogens with zero attached hydrogens (tertiary/aromatic N) is 2. The van der Waals surface area contributed by atoms with Crippen LogP contribution in [0, 0.1) is 10.1 Å². The number of hydrazone groups is 1. The third kappa shape index (κ3) is 5.26. The van der Waals surface area contributed by atoms with Crippen molar-refractivity contribution in [3.8, 4) is 0 Å². The number of aryl methyl sites for hydroxylation is 1. The van der Waals surface area contributed by atoms with E-state index in [4.69, 9.17) is 17.0 Å². The molecule has 1 saturated heterocycles. The topological polar surface area (TPSA) is 88.8 Å².